The van der Waals surface area contributed by atoms with Crippen LogP contribution in [0.2, 0.25) is 0 Å². The molecule has 0 fully saturated rings. The highest BCUT2D eigenvalue weighted by molar-refractivity contribution is 5.93. The summed E-state index contributed by atoms with van der Waals surface area (Å²) in [4.78, 5) is 22.8. The van der Waals surface area contributed by atoms with E-state index in [2.05, 4.69) is 17.5 Å². The van der Waals surface area contributed by atoms with Crippen LogP contribution in [0.3, 0.4) is 0 Å². The molecule has 5 nitrogen and oxygen atoms in total. The van der Waals surface area contributed by atoms with E-state index >= 15 is 0 Å². The monoisotopic (exact) mass is 349 g/mol. The molecule has 0 aromatic heterocycles. The fraction of sp³-hybridized carbons (Fsp3) is 0.238. The van der Waals surface area contributed by atoms with Crippen LogP contribution in [0.15, 0.2) is 48.6 Å². The smallest absolute Gasteiger partial charge is 0.336 e. The molecule has 2 aromatic carbocycles. The van der Waals surface area contributed by atoms with Gasteiger partial charge >= 0.3 is 11.9 Å². The number of hydrogen-bond donors (Lipinski definition) is 3. The Labute approximate surface area is 151 Å². The molecule has 0 unspecified atom stereocenters. The van der Waals surface area contributed by atoms with Crippen molar-refractivity contribution < 1.29 is 19.8 Å². The van der Waals surface area contributed by atoms with Crippen LogP contribution in [-0.4, -0.2) is 22.2 Å². The number of rotatable bonds is 3. The molecule has 0 saturated heterocycles. The van der Waals surface area contributed by atoms with Gasteiger partial charge in [-0.25, -0.2) is 9.59 Å². The van der Waals surface area contributed by atoms with E-state index in [1.807, 2.05) is 25.1 Å². The van der Waals surface area contributed by atoms with E-state index in [-0.39, 0.29) is 23.4 Å². The van der Waals surface area contributed by atoms with Crippen molar-refractivity contribution in [3.05, 3.63) is 76.4 Å². The Morgan fingerprint density at radius 2 is 1.77 bits per heavy atom. The number of carboxylic acid groups (broad SMARTS) is 2. The predicted octanol–water partition coefficient (Wildman–Crippen LogP) is 4.22. The number of benzene rings is 2. The highest BCUT2D eigenvalue weighted by atomic mass is 16.4. The number of carboxylic acids is 2. The summed E-state index contributed by atoms with van der Waals surface area (Å²) in [5.74, 6) is -1.60. The lowest BCUT2D eigenvalue weighted by molar-refractivity contribution is 0.0685. The molecule has 2 aromatic rings. The lowest BCUT2D eigenvalue weighted by atomic mass is 9.74. The van der Waals surface area contributed by atoms with Crippen LogP contribution in [0.5, 0.6) is 0 Å². The molecule has 0 amide bonds. The lowest BCUT2D eigenvalue weighted by Crippen LogP contribution is -2.31. The Hall–Kier alpha value is -3.08. The van der Waals surface area contributed by atoms with Crippen LogP contribution in [0.25, 0.3) is 0 Å². The van der Waals surface area contributed by atoms with Crippen LogP contribution in [-0.2, 0) is 0 Å². The van der Waals surface area contributed by atoms with Crippen LogP contribution in [0, 0.1) is 12.8 Å². The Balaban J connectivity index is 1.81. The summed E-state index contributed by atoms with van der Waals surface area (Å²) >= 11 is 0. The van der Waals surface area contributed by atoms with E-state index < -0.39 is 11.9 Å². The van der Waals surface area contributed by atoms with E-state index in [0.717, 1.165) is 28.8 Å². The van der Waals surface area contributed by atoms with Crippen molar-refractivity contribution in [1.82, 2.24) is 0 Å². The number of aromatic carboxylic acids is 2. The quantitative estimate of drug-likeness (QED) is 0.722. The first-order valence-electron chi connectivity index (χ1n) is 8.60. The van der Waals surface area contributed by atoms with Crippen molar-refractivity contribution in [2.45, 2.75) is 25.3 Å². The van der Waals surface area contributed by atoms with Crippen molar-refractivity contribution in [3.63, 3.8) is 0 Å². The van der Waals surface area contributed by atoms with Gasteiger partial charge in [0.1, 0.15) is 0 Å². The summed E-state index contributed by atoms with van der Waals surface area (Å²) < 4.78 is 0. The average Bonchev–Trinajstić information content (AvgIpc) is 3.11. The Morgan fingerprint density at radius 1 is 1.04 bits per heavy atom. The molecule has 3 N–H and O–H groups in total. The second-order valence-corrected chi connectivity index (χ2v) is 6.93. The number of anilines is 1. The summed E-state index contributed by atoms with van der Waals surface area (Å²) in [6.07, 6.45) is 5.07. The highest BCUT2D eigenvalue weighted by Gasteiger charge is 2.40. The van der Waals surface area contributed by atoms with Crippen molar-refractivity contribution in [3.8, 4) is 0 Å². The summed E-state index contributed by atoms with van der Waals surface area (Å²) in [6, 6.07) is 10.4. The van der Waals surface area contributed by atoms with Crippen molar-refractivity contribution in [1.29, 1.82) is 0 Å². The first-order valence-corrected chi connectivity index (χ1v) is 8.60. The molecule has 132 valence electrons. The minimum Gasteiger partial charge on any atom is -0.478 e. The molecular weight excluding hydrogens is 330 g/mol. The number of allylic oxidation sites excluding steroid dienone is 2. The molecule has 1 heterocycles. The summed E-state index contributed by atoms with van der Waals surface area (Å²) in [7, 11) is 0. The first-order chi connectivity index (χ1) is 12.5. The third kappa shape index (κ3) is 2.47. The van der Waals surface area contributed by atoms with Gasteiger partial charge in [-0.2, -0.15) is 0 Å². The molecule has 3 atom stereocenters. The SMILES string of the molecule is Cc1ccc(C(=O)O)c2c1N[C@H](c1ccc(C(=O)O)cc1)[C@@H]1CC=C[C@H]21. The van der Waals surface area contributed by atoms with Crippen LogP contribution in [0.1, 0.15) is 55.8 Å². The molecule has 0 spiro atoms. The molecule has 26 heavy (non-hydrogen) atoms. The van der Waals surface area contributed by atoms with Gasteiger partial charge in [-0.15, -0.1) is 0 Å². The third-order valence-electron chi connectivity index (χ3n) is 5.48. The average molecular weight is 349 g/mol. The van der Waals surface area contributed by atoms with Gasteiger partial charge in [0.2, 0.25) is 0 Å². The van der Waals surface area contributed by atoms with Gasteiger partial charge < -0.3 is 15.5 Å². The van der Waals surface area contributed by atoms with Gasteiger partial charge in [0, 0.05) is 11.6 Å². The van der Waals surface area contributed by atoms with Crippen LogP contribution < -0.4 is 5.32 Å². The van der Waals surface area contributed by atoms with Gasteiger partial charge in [-0.3, -0.25) is 0 Å². The zero-order chi connectivity index (χ0) is 18.4. The van der Waals surface area contributed by atoms with Crippen LogP contribution in [0.4, 0.5) is 5.69 Å². The van der Waals surface area contributed by atoms with Crippen molar-refractivity contribution >= 4 is 17.6 Å². The molecule has 0 saturated carbocycles. The Bertz CT molecular complexity index is 930. The predicted molar refractivity (Wildman–Crippen MR) is 97.9 cm³/mol. The van der Waals surface area contributed by atoms with E-state index in [9.17, 15) is 14.7 Å². The number of fused-ring (bicyclic) bond motifs is 3. The maximum atomic E-state index is 11.7. The second kappa shape index (κ2) is 6.02. The van der Waals surface area contributed by atoms with Gasteiger partial charge in [0.05, 0.1) is 17.2 Å². The largest absolute Gasteiger partial charge is 0.478 e. The fourth-order valence-electron chi connectivity index (χ4n) is 4.20. The topological polar surface area (TPSA) is 86.6 Å². The summed E-state index contributed by atoms with van der Waals surface area (Å²) in [6.45, 7) is 1.97. The van der Waals surface area contributed by atoms with E-state index in [1.54, 1.807) is 18.2 Å². The summed E-state index contributed by atoms with van der Waals surface area (Å²) in [5.41, 5.74) is 4.37. The molecule has 1 aliphatic carbocycles. The first kappa shape index (κ1) is 16.4. The standard InChI is InChI=1S/C21H19NO4/c1-11-5-10-16(21(25)26)17-14-3-2-4-15(14)19(22-18(11)17)12-6-8-13(9-7-12)20(23)24/h2-3,5-10,14-15,19,22H,4H2,1H3,(H,23,24)(H,25,26)/t14-,15+,19+/m0/s1. The number of carbonyl (C=O) groups is 2. The van der Waals surface area contributed by atoms with Crippen LogP contribution >= 0.6 is 0 Å². The second-order valence-electron chi connectivity index (χ2n) is 6.93. The maximum absolute atomic E-state index is 11.7. The molecule has 0 bridgehead atoms. The van der Waals surface area contributed by atoms with E-state index in [0.29, 0.717) is 5.56 Å². The minimum atomic E-state index is -0.944. The van der Waals surface area contributed by atoms with Gasteiger partial charge in [-0.1, -0.05) is 30.4 Å². The minimum absolute atomic E-state index is 0.00749. The number of hydrogen-bond acceptors (Lipinski definition) is 3. The zero-order valence-corrected chi connectivity index (χ0v) is 14.3. The van der Waals surface area contributed by atoms with Gasteiger partial charge in [0.15, 0.2) is 0 Å². The summed E-state index contributed by atoms with van der Waals surface area (Å²) in [5, 5.41) is 22.3. The van der Waals surface area contributed by atoms with Gasteiger partial charge in [0.25, 0.3) is 0 Å². The molecule has 4 rings (SSSR count). The zero-order valence-electron chi connectivity index (χ0n) is 14.3. The van der Waals surface area contributed by atoms with Crippen molar-refractivity contribution in [2.75, 3.05) is 5.32 Å². The fourth-order valence-corrected chi connectivity index (χ4v) is 4.20. The number of aryl methyl sites for hydroxylation is 1. The molecule has 2 aliphatic rings. The molecular formula is C21H19NO4. The van der Waals surface area contributed by atoms with Crippen molar-refractivity contribution in [2.24, 2.45) is 5.92 Å². The molecule has 5 heteroatoms. The maximum Gasteiger partial charge on any atom is 0.336 e. The van der Waals surface area contributed by atoms with E-state index in [4.69, 9.17) is 5.11 Å². The number of nitrogens with one attached hydrogen (secondary N) is 1. The third-order valence-corrected chi connectivity index (χ3v) is 5.48. The van der Waals surface area contributed by atoms with Gasteiger partial charge in [-0.05, 0) is 54.2 Å². The molecule has 1 aliphatic heterocycles. The Morgan fingerprint density at radius 3 is 2.42 bits per heavy atom. The van der Waals surface area contributed by atoms with E-state index in [1.165, 1.54) is 0 Å². The highest BCUT2D eigenvalue weighted by Crippen LogP contribution is 2.51. The molecule has 0 radical (unpaired) electrons. The normalized spacial score (nSPS) is 23.0. The lowest BCUT2D eigenvalue weighted by Gasteiger charge is -2.39. The Kier molecular flexibility index (Phi) is 3.80.